The highest BCUT2D eigenvalue weighted by Gasteiger charge is 2.37. The molecule has 0 saturated carbocycles. The number of hydrogen-bond acceptors (Lipinski definition) is 8. The maximum Gasteiger partial charge on any atom is 0.273 e. The first-order chi connectivity index (χ1) is 17.5. The van der Waals surface area contributed by atoms with E-state index in [1.54, 1.807) is 48.5 Å². The van der Waals surface area contributed by atoms with Crippen molar-refractivity contribution in [2.24, 2.45) is 5.73 Å². The fourth-order valence-electron chi connectivity index (χ4n) is 3.65. The van der Waals surface area contributed by atoms with Crippen LogP contribution in [0, 0.1) is 0 Å². The molecule has 3 aromatic rings. The maximum atomic E-state index is 14.1. The summed E-state index contributed by atoms with van der Waals surface area (Å²) in [6.07, 6.45) is 0. The summed E-state index contributed by atoms with van der Waals surface area (Å²) in [4.78, 5) is 40.9. The van der Waals surface area contributed by atoms with E-state index in [-0.39, 0.29) is 16.3 Å². The number of anilines is 2. The summed E-state index contributed by atoms with van der Waals surface area (Å²) >= 11 is 0.742. The highest BCUT2D eigenvalue weighted by Crippen LogP contribution is 2.35. The monoisotopic (exact) mass is 525 g/mol. The second-order valence-corrected chi connectivity index (χ2v) is 9.93. The Bertz CT molecular complexity index is 1280. The first kappa shape index (κ1) is 27.5. The van der Waals surface area contributed by atoms with Crippen molar-refractivity contribution in [2.45, 2.75) is 39.3 Å². The van der Waals surface area contributed by atoms with Crippen molar-refractivity contribution in [1.82, 2.24) is 9.69 Å². The minimum Gasteiger partial charge on any atom is -0.497 e. The third-order valence-corrected chi connectivity index (χ3v) is 6.07. The third-order valence-electron chi connectivity index (χ3n) is 5.22. The smallest absolute Gasteiger partial charge is 0.273 e. The zero-order valence-corrected chi connectivity index (χ0v) is 22.2. The largest absolute Gasteiger partial charge is 0.497 e. The zero-order chi connectivity index (χ0) is 27.3. The molecule has 0 radical (unpaired) electrons. The number of primary amides is 1. The molecule has 0 aliphatic rings. The fourth-order valence-corrected chi connectivity index (χ4v) is 4.39. The number of amides is 3. The highest BCUT2D eigenvalue weighted by molar-refractivity contribution is 7.09. The van der Waals surface area contributed by atoms with Crippen LogP contribution < -0.4 is 31.2 Å². The number of rotatable bonds is 9. The van der Waals surface area contributed by atoms with Crippen LogP contribution in [0.4, 0.5) is 11.4 Å². The van der Waals surface area contributed by atoms with Gasteiger partial charge in [0.25, 0.3) is 11.8 Å². The van der Waals surface area contributed by atoms with Gasteiger partial charge in [0.2, 0.25) is 5.91 Å². The maximum absolute atomic E-state index is 14.1. The molecule has 1 atom stereocenters. The van der Waals surface area contributed by atoms with Crippen molar-refractivity contribution in [3.63, 3.8) is 0 Å². The number of hydrogen-bond donors (Lipinski definition) is 3. The van der Waals surface area contributed by atoms with E-state index in [0.29, 0.717) is 29.4 Å². The molecule has 196 valence electrons. The average Bonchev–Trinajstić information content (AvgIpc) is 3.23. The normalized spacial score (nSPS) is 11.9. The average molecular weight is 526 g/mol. The van der Waals surface area contributed by atoms with E-state index < -0.39 is 29.3 Å². The predicted molar refractivity (Wildman–Crippen MR) is 143 cm³/mol. The van der Waals surface area contributed by atoms with Gasteiger partial charge in [-0.3, -0.25) is 19.3 Å². The molecule has 0 aliphatic carbocycles. The summed E-state index contributed by atoms with van der Waals surface area (Å²) in [6.45, 7) is 7.89. The predicted octanol–water partition coefficient (Wildman–Crippen LogP) is 3.53. The van der Waals surface area contributed by atoms with Crippen LogP contribution in [0.3, 0.4) is 0 Å². The Morgan fingerprint density at radius 3 is 2.32 bits per heavy atom. The van der Waals surface area contributed by atoms with Gasteiger partial charge in [-0.2, -0.15) is 4.37 Å². The van der Waals surface area contributed by atoms with E-state index in [1.165, 1.54) is 12.0 Å². The molecule has 0 bridgehead atoms. The van der Waals surface area contributed by atoms with Gasteiger partial charge >= 0.3 is 0 Å². The lowest BCUT2D eigenvalue weighted by atomic mass is 10.00. The fraction of sp³-hybridized carbons (Fsp3) is 0.308. The van der Waals surface area contributed by atoms with Crippen LogP contribution in [0.25, 0.3) is 0 Å². The summed E-state index contributed by atoms with van der Waals surface area (Å²) in [7, 11) is 1.50. The molecular weight excluding hydrogens is 494 g/mol. The lowest BCUT2D eigenvalue weighted by Crippen LogP contribution is -2.49. The first-order valence-corrected chi connectivity index (χ1v) is 12.3. The Morgan fingerprint density at radius 1 is 1.11 bits per heavy atom. The minimum atomic E-state index is -1.12. The number of ether oxygens (including phenoxy) is 2. The lowest BCUT2D eigenvalue weighted by Gasteiger charge is -2.33. The second kappa shape index (κ2) is 11.3. The summed E-state index contributed by atoms with van der Waals surface area (Å²) < 4.78 is 14.9. The van der Waals surface area contributed by atoms with E-state index in [1.807, 2.05) is 27.7 Å². The molecule has 2 aromatic carbocycles. The summed E-state index contributed by atoms with van der Waals surface area (Å²) in [6, 6.07) is 12.5. The molecule has 0 fully saturated rings. The quantitative estimate of drug-likeness (QED) is 0.387. The number of carbonyl (C=O) groups is 3. The number of nitrogens with one attached hydrogen (secondary N) is 1. The number of nitrogens with two attached hydrogens (primary N) is 2. The molecule has 1 unspecified atom stereocenters. The molecule has 3 amide bonds. The lowest BCUT2D eigenvalue weighted by molar-refractivity contribution is -0.123. The first-order valence-electron chi connectivity index (χ1n) is 11.5. The van der Waals surface area contributed by atoms with Crippen molar-refractivity contribution in [3.05, 3.63) is 64.7 Å². The van der Waals surface area contributed by atoms with Crippen molar-refractivity contribution in [2.75, 3.05) is 24.4 Å². The molecule has 1 heterocycles. The van der Waals surface area contributed by atoms with Crippen LogP contribution in [0.15, 0.2) is 48.5 Å². The van der Waals surface area contributed by atoms with Gasteiger partial charge in [-0.15, -0.1) is 0 Å². The Kier molecular flexibility index (Phi) is 8.38. The molecule has 37 heavy (non-hydrogen) atoms. The Balaban J connectivity index is 2.24. The van der Waals surface area contributed by atoms with Crippen molar-refractivity contribution >= 4 is 40.6 Å². The molecule has 5 N–H and O–H groups in total. The Hall–Kier alpha value is -4.12. The Labute approximate surface area is 219 Å². The topological polar surface area (TPSA) is 150 Å². The summed E-state index contributed by atoms with van der Waals surface area (Å²) in [5.74, 6) is -0.802. The van der Waals surface area contributed by atoms with Crippen LogP contribution in [0.2, 0.25) is 0 Å². The van der Waals surface area contributed by atoms with E-state index in [9.17, 15) is 14.4 Å². The van der Waals surface area contributed by atoms with Gasteiger partial charge in [-0.05, 0) is 69.1 Å². The molecule has 11 heteroatoms. The van der Waals surface area contributed by atoms with Crippen LogP contribution in [0.5, 0.6) is 11.5 Å². The number of nitrogens with zero attached hydrogens (tertiary/aromatic N) is 2. The van der Waals surface area contributed by atoms with E-state index in [0.717, 1.165) is 11.5 Å². The van der Waals surface area contributed by atoms with Crippen LogP contribution in [-0.4, -0.2) is 41.4 Å². The third kappa shape index (κ3) is 6.36. The molecule has 10 nitrogen and oxygen atoms in total. The molecule has 0 spiro atoms. The van der Waals surface area contributed by atoms with Crippen molar-refractivity contribution < 1.29 is 23.9 Å². The number of aromatic nitrogens is 1. The minimum absolute atomic E-state index is 0.0175. The second-order valence-electron chi connectivity index (χ2n) is 9.16. The Morgan fingerprint density at radius 2 is 1.78 bits per heavy atom. The van der Waals surface area contributed by atoms with Crippen molar-refractivity contribution in [1.29, 1.82) is 0 Å². The zero-order valence-electron chi connectivity index (χ0n) is 21.4. The number of nitrogen functional groups attached to an aromatic ring is 1. The summed E-state index contributed by atoms with van der Waals surface area (Å²) in [5, 5.41) is 2.97. The summed E-state index contributed by atoms with van der Waals surface area (Å²) in [5.41, 5.74) is 11.4. The number of methoxy groups -OCH3 is 1. The molecule has 0 saturated heterocycles. The van der Waals surface area contributed by atoms with Crippen LogP contribution in [0.1, 0.15) is 59.5 Å². The molecule has 0 aliphatic heterocycles. The molecular formula is C26H31N5O5S. The van der Waals surface area contributed by atoms with Gasteiger partial charge in [-0.1, -0.05) is 18.2 Å². The van der Waals surface area contributed by atoms with E-state index in [2.05, 4.69) is 9.69 Å². The van der Waals surface area contributed by atoms with Gasteiger partial charge in [0.05, 0.1) is 19.4 Å². The van der Waals surface area contributed by atoms with Crippen LogP contribution in [-0.2, 0) is 4.79 Å². The van der Waals surface area contributed by atoms with Gasteiger partial charge in [0.15, 0.2) is 5.69 Å². The SMILES string of the molecule is CCOc1ccc(C(C(=O)NC(C)(C)C)N(C(=O)c2snc(C(N)=O)c2N)c2cccc(OC)c2)cc1. The number of carbonyl (C=O) groups excluding carboxylic acids is 3. The van der Waals surface area contributed by atoms with Crippen molar-refractivity contribution in [3.8, 4) is 11.5 Å². The van der Waals surface area contributed by atoms with Gasteiger partial charge in [0.1, 0.15) is 22.4 Å². The molecule has 3 rings (SSSR count). The van der Waals surface area contributed by atoms with Gasteiger partial charge in [-0.25, -0.2) is 0 Å². The van der Waals surface area contributed by atoms with Gasteiger partial charge < -0.3 is 26.3 Å². The molecule has 1 aromatic heterocycles. The highest BCUT2D eigenvalue weighted by atomic mass is 32.1. The standard InChI is InChI=1S/C26H31N5O5S/c1-6-36-17-12-10-15(11-13-17)21(24(33)29-26(2,3)4)31(16-8-7-9-18(14-16)35-5)25(34)22-19(27)20(23(28)32)30-37-22/h7-14,21H,6,27H2,1-5H3,(H2,28,32)(H,29,33). The van der Waals surface area contributed by atoms with E-state index in [4.69, 9.17) is 20.9 Å². The van der Waals surface area contributed by atoms with E-state index >= 15 is 0 Å². The van der Waals surface area contributed by atoms with Crippen LogP contribution >= 0.6 is 11.5 Å². The van der Waals surface area contributed by atoms with Gasteiger partial charge in [0, 0.05) is 17.3 Å². The number of benzene rings is 2.